The molecule has 0 saturated carbocycles. The van der Waals surface area contributed by atoms with Crippen LogP contribution in [0.5, 0.6) is 0 Å². The first-order valence-electron chi connectivity index (χ1n) is 4.87. The fourth-order valence-electron chi connectivity index (χ4n) is 1.34. The van der Waals surface area contributed by atoms with Gasteiger partial charge in [0.2, 0.25) is 0 Å². The standard InChI is InChI=1S/C8H18N2.C2H5N/c1-8(2)10-6-4-9(3)5-7-10;1-2-3/h8H,4-7H2,1-3H3;2H,1,3H2. The molecule has 1 heterocycles. The third kappa shape index (κ3) is 5.66. The molecule has 0 atom stereocenters. The lowest BCUT2D eigenvalue weighted by Gasteiger charge is -2.34. The molecule has 78 valence electrons. The van der Waals surface area contributed by atoms with Crippen molar-refractivity contribution in [2.45, 2.75) is 19.9 Å². The third-order valence-electron chi connectivity index (χ3n) is 2.27. The van der Waals surface area contributed by atoms with Gasteiger partial charge in [0.1, 0.15) is 0 Å². The molecule has 0 aromatic heterocycles. The normalized spacial score (nSPS) is 19.4. The van der Waals surface area contributed by atoms with E-state index in [2.05, 4.69) is 43.0 Å². The van der Waals surface area contributed by atoms with Crippen LogP contribution in [0, 0.1) is 0 Å². The second kappa shape index (κ2) is 6.92. The van der Waals surface area contributed by atoms with Gasteiger partial charge in [-0.2, -0.15) is 0 Å². The number of rotatable bonds is 1. The summed E-state index contributed by atoms with van der Waals surface area (Å²) in [4.78, 5) is 4.92. The van der Waals surface area contributed by atoms with Gasteiger partial charge in [-0.15, -0.1) is 0 Å². The summed E-state index contributed by atoms with van der Waals surface area (Å²) >= 11 is 0. The van der Waals surface area contributed by atoms with E-state index in [1.54, 1.807) is 0 Å². The van der Waals surface area contributed by atoms with Crippen LogP contribution in [-0.4, -0.2) is 49.1 Å². The largest absolute Gasteiger partial charge is 0.405 e. The summed E-state index contributed by atoms with van der Waals surface area (Å²) in [6.07, 6.45) is 1.25. The quantitative estimate of drug-likeness (QED) is 0.654. The molecule has 0 spiro atoms. The van der Waals surface area contributed by atoms with E-state index >= 15 is 0 Å². The number of hydrogen-bond donors (Lipinski definition) is 1. The van der Waals surface area contributed by atoms with Crippen molar-refractivity contribution in [3.8, 4) is 0 Å². The molecule has 3 nitrogen and oxygen atoms in total. The zero-order valence-electron chi connectivity index (χ0n) is 9.16. The van der Waals surface area contributed by atoms with Gasteiger partial charge >= 0.3 is 0 Å². The van der Waals surface area contributed by atoms with Crippen molar-refractivity contribution < 1.29 is 0 Å². The average Bonchev–Trinajstić information content (AvgIpc) is 2.06. The molecule has 1 saturated heterocycles. The fourth-order valence-corrected chi connectivity index (χ4v) is 1.34. The smallest absolute Gasteiger partial charge is 0.0112 e. The van der Waals surface area contributed by atoms with E-state index in [1.165, 1.54) is 32.4 Å². The van der Waals surface area contributed by atoms with Gasteiger partial charge in [0.25, 0.3) is 0 Å². The van der Waals surface area contributed by atoms with Gasteiger partial charge in [0, 0.05) is 32.2 Å². The molecule has 1 fully saturated rings. The molecule has 0 aromatic rings. The van der Waals surface area contributed by atoms with Crippen molar-refractivity contribution >= 4 is 0 Å². The van der Waals surface area contributed by atoms with Gasteiger partial charge in [-0.3, -0.25) is 4.90 Å². The van der Waals surface area contributed by atoms with E-state index in [9.17, 15) is 0 Å². The van der Waals surface area contributed by atoms with Crippen molar-refractivity contribution in [3.05, 3.63) is 12.8 Å². The molecule has 3 heteroatoms. The lowest BCUT2D eigenvalue weighted by Crippen LogP contribution is -2.47. The van der Waals surface area contributed by atoms with Crippen LogP contribution < -0.4 is 5.73 Å². The van der Waals surface area contributed by atoms with Crippen molar-refractivity contribution in [3.63, 3.8) is 0 Å². The first-order valence-corrected chi connectivity index (χ1v) is 4.87. The van der Waals surface area contributed by atoms with Crippen LogP contribution in [0.2, 0.25) is 0 Å². The summed E-state index contributed by atoms with van der Waals surface area (Å²) in [6.45, 7) is 12.6. The predicted octanol–water partition coefficient (Wildman–Crippen LogP) is 0.731. The minimum absolute atomic E-state index is 0.730. The number of hydrogen-bond acceptors (Lipinski definition) is 3. The number of piperazine rings is 1. The van der Waals surface area contributed by atoms with Gasteiger partial charge in [-0.25, -0.2) is 0 Å². The summed E-state index contributed by atoms with van der Waals surface area (Å²) < 4.78 is 0. The molecule has 1 rings (SSSR count). The van der Waals surface area contributed by atoms with Crippen LogP contribution in [0.3, 0.4) is 0 Å². The van der Waals surface area contributed by atoms with Gasteiger partial charge < -0.3 is 10.6 Å². The van der Waals surface area contributed by atoms with Crippen molar-refractivity contribution in [2.75, 3.05) is 33.2 Å². The van der Waals surface area contributed by atoms with Gasteiger partial charge in [-0.05, 0) is 27.1 Å². The highest BCUT2D eigenvalue weighted by Crippen LogP contribution is 2.02. The first-order chi connectivity index (χ1) is 6.11. The van der Waals surface area contributed by atoms with Gasteiger partial charge in [-0.1, -0.05) is 6.58 Å². The Bertz CT molecular complexity index is 126. The molecule has 0 unspecified atom stereocenters. The fraction of sp³-hybridized carbons (Fsp3) is 0.800. The molecule has 0 aliphatic carbocycles. The van der Waals surface area contributed by atoms with Gasteiger partial charge in [0.15, 0.2) is 0 Å². The molecular formula is C10H23N3. The monoisotopic (exact) mass is 185 g/mol. The minimum Gasteiger partial charge on any atom is -0.405 e. The molecule has 1 aliphatic heterocycles. The second-order valence-electron chi connectivity index (χ2n) is 3.67. The van der Waals surface area contributed by atoms with Crippen molar-refractivity contribution in [2.24, 2.45) is 5.73 Å². The summed E-state index contributed by atoms with van der Waals surface area (Å²) in [5.41, 5.74) is 4.61. The molecule has 2 N–H and O–H groups in total. The Labute approximate surface area is 82.2 Å². The number of nitrogens with zero attached hydrogens (tertiary/aromatic N) is 2. The summed E-state index contributed by atoms with van der Waals surface area (Å²) in [7, 11) is 2.19. The zero-order valence-corrected chi connectivity index (χ0v) is 9.16. The van der Waals surface area contributed by atoms with Crippen molar-refractivity contribution in [1.82, 2.24) is 9.80 Å². The summed E-state index contributed by atoms with van der Waals surface area (Å²) in [6, 6.07) is 0.730. The van der Waals surface area contributed by atoms with E-state index in [-0.39, 0.29) is 0 Å². The highest BCUT2D eigenvalue weighted by atomic mass is 15.3. The lowest BCUT2D eigenvalue weighted by atomic mass is 10.2. The third-order valence-corrected chi connectivity index (χ3v) is 2.27. The first kappa shape index (κ1) is 12.5. The van der Waals surface area contributed by atoms with Crippen LogP contribution >= 0.6 is 0 Å². The van der Waals surface area contributed by atoms with E-state index in [1.807, 2.05) is 0 Å². The highest BCUT2D eigenvalue weighted by molar-refractivity contribution is 4.71. The Morgan fingerprint density at radius 3 is 1.92 bits per heavy atom. The summed E-state index contributed by atoms with van der Waals surface area (Å²) in [5.74, 6) is 0. The molecule has 0 amide bonds. The maximum atomic E-state index is 4.61. The molecule has 13 heavy (non-hydrogen) atoms. The van der Waals surface area contributed by atoms with E-state index in [0.29, 0.717) is 0 Å². The van der Waals surface area contributed by atoms with Crippen molar-refractivity contribution in [1.29, 1.82) is 0 Å². The molecule has 1 aliphatic rings. The number of likely N-dealkylation sites (N-methyl/N-ethyl adjacent to an activating group) is 1. The second-order valence-corrected chi connectivity index (χ2v) is 3.67. The number of nitrogens with two attached hydrogens (primary N) is 1. The van der Waals surface area contributed by atoms with Crippen LogP contribution in [0.1, 0.15) is 13.8 Å². The van der Waals surface area contributed by atoms with Crippen LogP contribution in [-0.2, 0) is 0 Å². The maximum Gasteiger partial charge on any atom is 0.0112 e. The lowest BCUT2D eigenvalue weighted by molar-refractivity contribution is 0.126. The molecular weight excluding hydrogens is 162 g/mol. The average molecular weight is 185 g/mol. The van der Waals surface area contributed by atoms with E-state index in [4.69, 9.17) is 0 Å². The Kier molecular flexibility index (Phi) is 6.63. The van der Waals surface area contributed by atoms with Crippen LogP contribution in [0.4, 0.5) is 0 Å². The van der Waals surface area contributed by atoms with Gasteiger partial charge in [0.05, 0.1) is 0 Å². The Balaban J connectivity index is 0.000000424. The SMILES string of the molecule is C=CN.CC(C)N1CCN(C)CC1. The van der Waals surface area contributed by atoms with Crippen LogP contribution in [0.15, 0.2) is 12.8 Å². The molecule has 0 bridgehead atoms. The van der Waals surface area contributed by atoms with E-state index in [0.717, 1.165) is 6.04 Å². The predicted molar refractivity (Wildman–Crippen MR) is 58.6 cm³/mol. The Morgan fingerprint density at radius 1 is 1.23 bits per heavy atom. The summed E-state index contributed by atoms with van der Waals surface area (Å²) in [5, 5.41) is 0. The topological polar surface area (TPSA) is 32.5 Å². The minimum atomic E-state index is 0.730. The Morgan fingerprint density at radius 2 is 1.62 bits per heavy atom. The Hall–Kier alpha value is -0.540. The zero-order chi connectivity index (χ0) is 10.3. The highest BCUT2D eigenvalue weighted by Gasteiger charge is 2.15. The molecule has 0 aromatic carbocycles. The van der Waals surface area contributed by atoms with Crippen LogP contribution in [0.25, 0.3) is 0 Å². The maximum absolute atomic E-state index is 4.61. The van der Waals surface area contributed by atoms with E-state index < -0.39 is 0 Å². The molecule has 0 radical (unpaired) electrons.